The average molecular weight is 398 g/mol. The number of fused-ring (bicyclic) bond motifs is 2. The Hall–Kier alpha value is -1.29. The molecule has 0 spiro atoms. The highest BCUT2D eigenvalue weighted by Gasteiger charge is 2.54. The minimum absolute atomic E-state index is 0.102. The van der Waals surface area contributed by atoms with E-state index in [1.54, 1.807) is 0 Å². The average Bonchev–Trinajstić information content (AvgIpc) is 2.50. The first-order valence-corrected chi connectivity index (χ1v) is 10.1. The molecule has 1 N–H and O–H groups in total. The quantitative estimate of drug-likeness (QED) is 0.518. The van der Waals surface area contributed by atoms with Crippen molar-refractivity contribution in [1.82, 2.24) is 0 Å². The van der Waals surface area contributed by atoms with E-state index in [9.17, 15) is 26.8 Å². The zero-order valence-corrected chi connectivity index (χ0v) is 15.3. The highest BCUT2D eigenvalue weighted by atomic mass is 32.2. The Morgan fingerprint density at radius 3 is 2.08 bits per heavy atom. The molecule has 2 unspecified atom stereocenters. The van der Waals surface area contributed by atoms with Crippen LogP contribution >= 0.6 is 0 Å². The molecule has 0 aromatic carbocycles. The second kappa shape index (κ2) is 8.16. The van der Waals surface area contributed by atoms with Crippen LogP contribution in [0, 0.1) is 23.7 Å². The topological polar surface area (TPSA) is 107 Å². The van der Waals surface area contributed by atoms with Gasteiger partial charge in [-0.15, -0.1) is 0 Å². The molecule has 0 aromatic heterocycles. The smallest absolute Gasteiger partial charge is 0.465 e. The van der Waals surface area contributed by atoms with Crippen LogP contribution in [-0.4, -0.2) is 43.4 Å². The number of alkyl halides is 2. The summed E-state index contributed by atoms with van der Waals surface area (Å²) in [6.45, 7) is 1.48. The molecule has 10 heteroatoms. The summed E-state index contributed by atoms with van der Waals surface area (Å²) in [5, 5.41) is -4.95. The molecular weight excluding hydrogens is 374 g/mol. The SMILES string of the molecule is CC(=O)OCCC1CC2CC(COC(=O)C(F)(F)S(=O)(=O)O)CC(C1)C2. The number of halogens is 2. The molecule has 0 aromatic rings. The molecule has 2 aliphatic rings. The maximum absolute atomic E-state index is 13.2. The van der Waals surface area contributed by atoms with Crippen molar-refractivity contribution in [2.45, 2.75) is 50.7 Å². The lowest BCUT2D eigenvalue weighted by atomic mass is 9.64. The third-order valence-electron chi connectivity index (χ3n) is 5.18. The first-order chi connectivity index (χ1) is 12.0. The monoisotopic (exact) mass is 398 g/mol. The van der Waals surface area contributed by atoms with E-state index in [0.29, 0.717) is 37.2 Å². The van der Waals surface area contributed by atoms with Gasteiger partial charge in [0.25, 0.3) is 0 Å². The fraction of sp³-hybridized carbons (Fsp3) is 0.875. The van der Waals surface area contributed by atoms with Crippen LogP contribution in [-0.2, 0) is 29.2 Å². The predicted octanol–water partition coefficient (Wildman–Crippen LogP) is 2.41. The van der Waals surface area contributed by atoms with E-state index in [-0.39, 0.29) is 18.5 Å². The van der Waals surface area contributed by atoms with Crippen molar-refractivity contribution in [2.75, 3.05) is 13.2 Å². The molecule has 26 heavy (non-hydrogen) atoms. The number of rotatable bonds is 7. The van der Waals surface area contributed by atoms with Gasteiger partial charge < -0.3 is 9.47 Å². The van der Waals surface area contributed by atoms with Crippen LogP contribution in [0.3, 0.4) is 0 Å². The zero-order valence-electron chi connectivity index (χ0n) is 14.5. The molecule has 0 aliphatic heterocycles. The fourth-order valence-electron chi connectivity index (χ4n) is 4.25. The standard InChI is InChI=1S/C16H24F2O7S/c1-10(19)24-3-2-11-4-12-6-13(5-11)8-14(7-12)9-25-15(20)16(17,18)26(21,22)23/h11-14H,2-9H2,1H3,(H,21,22,23). The number of hydrogen-bond donors (Lipinski definition) is 1. The van der Waals surface area contributed by atoms with E-state index in [4.69, 9.17) is 9.29 Å². The molecule has 2 bridgehead atoms. The van der Waals surface area contributed by atoms with Gasteiger partial charge in [0.1, 0.15) is 0 Å². The second-order valence-corrected chi connectivity index (χ2v) is 8.82. The Morgan fingerprint density at radius 1 is 1.04 bits per heavy atom. The maximum atomic E-state index is 13.2. The zero-order chi connectivity index (χ0) is 19.5. The molecule has 2 rings (SSSR count). The molecule has 0 radical (unpaired) electrons. The van der Waals surface area contributed by atoms with Crippen LogP contribution in [0.4, 0.5) is 8.78 Å². The Balaban J connectivity index is 1.80. The van der Waals surface area contributed by atoms with Crippen molar-refractivity contribution in [3.63, 3.8) is 0 Å². The molecule has 0 amide bonds. The number of carbonyl (C=O) groups excluding carboxylic acids is 2. The lowest BCUT2D eigenvalue weighted by Crippen LogP contribution is -2.40. The van der Waals surface area contributed by atoms with Crippen molar-refractivity contribution in [1.29, 1.82) is 0 Å². The van der Waals surface area contributed by atoms with E-state index < -0.39 is 21.3 Å². The Morgan fingerprint density at radius 2 is 1.58 bits per heavy atom. The van der Waals surface area contributed by atoms with Crippen LogP contribution in [0.15, 0.2) is 0 Å². The fourth-order valence-corrected chi connectivity index (χ4v) is 4.52. The third kappa shape index (κ3) is 5.35. The van der Waals surface area contributed by atoms with E-state index >= 15 is 0 Å². The lowest BCUT2D eigenvalue weighted by Gasteiger charge is -2.42. The Bertz CT molecular complexity index is 621. The van der Waals surface area contributed by atoms with E-state index in [2.05, 4.69) is 4.74 Å². The van der Waals surface area contributed by atoms with Crippen LogP contribution in [0.5, 0.6) is 0 Å². The molecule has 150 valence electrons. The normalized spacial score (nSPS) is 29.1. The molecule has 7 nitrogen and oxygen atoms in total. The summed E-state index contributed by atoms with van der Waals surface area (Å²) in [5.74, 6) is -1.43. The van der Waals surface area contributed by atoms with Crippen molar-refractivity contribution in [2.24, 2.45) is 23.7 Å². The van der Waals surface area contributed by atoms with Gasteiger partial charge in [0.2, 0.25) is 0 Å². The summed E-state index contributed by atoms with van der Waals surface area (Å²) < 4.78 is 65.3. The van der Waals surface area contributed by atoms with Crippen molar-refractivity contribution < 1.29 is 40.8 Å². The molecule has 2 fully saturated rings. The summed E-state index contributed by atoms with van der Waals surface area (Å²) in [6, 6.07) is 0. The van der Waals surface area contributed by atoms with Gasteiger partial charge in [-0.1, -0.05) is 0 Å². The number of hydrogen-bond acceptors (Lipinski definition) is 6. The van der Waals surface area contributed by atoms with Gasteiger partial charge in [-0.25, -0.2) is 4.79 Å². The highest BCUT2D eigenvalue weighted by molar-refractivity contribution is 7.87. The van der Waals surface area contributed by atoms with Gasteiger partial charge in [-0.2, -0.15) is 17.2 Å². The molecule has 2 saturated carbocycles. The first-order valence-electron chi connectivity index (χ1n) is 8.64. The molecule has 0 heterocycles. The summed E-state index contributed by atoms with van der Waals surface area (Å²) in [7, 11) is -5.84. The van der Waals surface area contributed by atoms with Crippen molar-refractivity contribution >= 4 is 22.1 Å². The third-order valence-corrected chi connectivity index (χ3v) is 5.99. The number of esters is 2. The van der Waals surface area contributed by atoms with Crippen molar-refractivity contribution in [3.8, 4) is 0 Å². The van der Waals surface area contributed by atoms with E-state index in [1.807, 2.05) is 0 Å². The second-order valence-electron chi connectivity index (χ2n) is 7.36. The molecule has 2 atom stereocenters. The van der Waals surface area contributed by atoms with Gasteiger partial charge in [0, 0.05) is 6.92 Å². The Kier molecular flexibility index (Phi) is 6.60. The van der Waals surface area contributed by atoms with Crippen LogP contribution < -0.4 is 0 Å². The maximum Gasteiger partial charge on any atom is 0.465 e. The van der Waals surface area contributed by atoms with Crippen LogP contribution in [0.1, 0.15) is 45.4 Å². The summed E-state index contributed by atoms with van der Waals surface area (Å²) in [4.78, 5) is 22.1. The largest absolute Gasteiger partial charge is 0.466 e. The summed E-state index contributed by atoms with van der Waals surface area (Å²) in [6.07, 6.45) is 5.16. The van der Waals surface area contributed by atoms with E-state index in [1.165, 1.54) is 6.92 Å². The molecule has 2 aliphatic carbocycles. The van der Waals surface area contributed by atoms with Crippen LogP contribution in [0.2, 0.25) is 0 Å². The number of ether oxygens (including phenoxy) is 2. The van der Waals surface area contributed by atoms with E-state index in [0.717, 1.165) is 25.7 Å². The molecular formula is C16H24F2O7S. The van der Waals surface area contributed by atoms with Gasteiger partial charge in [-0.05, 0) is 62.2 Å². The minimum atomic E-state index is -5.84. The summed E-state index contributed by atoms with van der Waals surface area (Å²) >= 11 is 0. The van der Waals surface area contributed by atoms with Gasteiger partial charge in [-0.3, -0.25) is 9.35 Å². The van der Waals surface area contributed by atoms with Gasteiger partial charge in [0.15, 0.2) is 0 Å². The number of carbonyl (C=O) groups is 2. The first kappa shape index (κ1) is 21.0. The molecule has 0 saturated heterocycles. The van der Waals surface area contributed by atoms with Gasteiger partial charge in [0.05, 0.1) is 13.2 Å². The van der Waals surface area contributed by atoms with Crippen molar-refractivity contribution in [3.05, 3.63) is 0 Å². The minimum Gasteiger partial charge on any atom is -0.466 e. The predicted molar refractivity (Wildman–Crippen MR) is 85.7 cm³/mol. The highest BCUT2D eigenvalue weighted by Crippen LogP contribution is 2.46. The van der Waals surface area contributed by atoms with Crippen LogP contribution in [0.25, 0.3) is 0 Å². The van der Waals surface area contributed by atoms with Gasteiger partial charge >= 0.3 is 27.3 Å². The summed E-state index contributed by atoms with van der Waals surface area (Å²) in [5.41, 5.74) is 0. The lowest BCUT2D eigenvalue weighted by molar-refractivity contribution is -0.163. The Labute approximate surface area is 151 Å².